The maximum absolute atomic E-state index is 5.25. The molecule has 22 heavy (non-hydrogen) atoms. The summed E-state index contributed by atoms with van der Waals surface area (Å²) in [6.45, 7) is 4.88. The molecule has 0 saturated carbocycles. The topological polar surface area (TPSA) is 76.3 Å². The van der Waals surface area contributed by atoms with Gasteiger partial charge in [0.2, 0.25) is 5.88 Å². The van der Waals surface area contributed by atoms with E-state index in [1.54, 1.807) is 7.11 Å². The Labute approximate surface area is 129 Å². The molecule has 1 fully saturated rings. The predicted octanol–water partition coefficient (Wildman–Crippen LogP) is 1.86. The smallest absolute Gasteiger partial charge is 0.218 e. The summed E-state index contributed by atoms with van der Waals surface area (Å²) in [6, 6.07) is 2.25. The minimum atomic E-state index is 0.425. The lowest BCUT2D eigenvalue weighted by Crippen LogP contribution is -2.39. The second-order valence-electron chi connectivity index (χ2n) is 5.50. The molecule has 0 aromatic carbocycles. The van der Waals surface area contributed by atoms with Crippen LogP contribution in [0.4, 0.5) is 5.82 Å². The molecule has 1 aliphatic heterocycles. The molecule has 2 aromatic rings. The molecular formula is C15H21N5O2. The molecule has 7 nitrogen and oxygen atoms in total. The molecule has 0 atom stereocenters. The molecule has 0 unspecified atom stereocenters. The van der Waals surface area contributed by atoms with Gasteiger partial charge in [-0.25, -0.2) is 15.0 Å². The number of nitrogens with zero attached hydrogens (tertiary/aromatic N) is 4. The molecule has 1 saturated heterocycles. The number of oxazole rings is 1. The van der Waals surface area contributed by atoms with Crippen LogP contribution in [0.2, 0.25) is 0 Å². The zero-order chi connectivity index (χ0) is 15.4. The standard InChI is InChI=1S/C15H21N5O2/c1-11-13(18-10-22-11)8-20-5-3-12(4-6-20)19-14-7-15(21-2)17-9-16-14/h7,9-10,12H,3-6,8H2,1-2H3,(H,16,17,19). The molecule has 118 valence electrons. The van der Waals surface area contributed by atoms with Crippen LogP contribution in [0, 0.1) is 6.92 Å². The second-order valence-corrected chi connectivity index (χ2v) is 5.50. The van der Waals surface area contributed by atoms with E-state index in [1.807, 2.05) is 13.0 Å². The SMILES string of the molecule is COc1cc(NC2CCN(Cc3ncoc3C)CC2)ncn1. The van der Waals surface area contributed by atoms with Crippen LogP contribution >= 0.6 is 0 Å². The van der Waals surface area contributed by atoms with Crippen molar-refractivity contribution in [1.29, 1.82) is 0 Å². The highest BCUT2D eigenvalue weighted by molar-refractivity contribution is 5.38. The number of nitrogens with one attached hydrogen (secondary N) is 1. The van der Waals surface area contributed by atoms with Crippen molar-refractivity contribution in [3.63, 3.8) is 0 Å². The number of aromatic nitrogens is 3. The molecule has 0 amide bonds. The maximum atomic E-state index is 5.25. The summed E-state index contributed by atoms with van der Waals surface area (Å²) >= 11 is 0. The van der Waals surface area contributed by atoms with Crippen molar-refractivity contribution in [2.75, 3.05) is 25.5 Å². The van der Waals surface area contributed by atoms with E-state index in [0.717, 1.165) is 49.7 Å². The third-order valence-electron chi connectivity index (χ3n) is 4.01. The van der Waals surface area contributed by atoms with Gasteiger partial charge < -0.3 is 14.5 Å². The van der Waals surface area contributed by atoms with Crippen LogP contribution in [-0.2, 0) is 6.54 Å². The first-order valence-electron chi connectivity index (χ1n) is 7.48. The summed E-state index contributed by atoms with van der Waals surface area (Å²) in [5.41, 5.74) is 1.03. The van der Waals surface area contributed by atoms with E-state index in [-0.39, 0.29) is 0 Å². The van der Waals surface area contributed by atoms with Crippen molar-refractivity contribution in [2.24, 2.45) is 0 Å². The van der Waals surface area contributed by atoms with Crippen LogP contribution < -0.4 is 10.1 Å². The number of ether oxygens (including phenoxy) is 1. The fourth-order valence-electron chi connectivity index (χ4n) is 2.67. The first kappa shape index (κ1) is 14.8. The highest BCUT2D eigenvalue weighted by Gasteiger charge is 2.20. The number of piperidine rings is 1. The molecule has 1 N–H and O–H groups in total. The normalized spacial score (nSPS) is 16.6. The van der Waals surface area contributed by atoms with Crippen molar-refractivity contribution >= 4 is 5.82 Å². The summed E-state index contributed by atoms with van der Waals surface area (Å²) in [4.78, 5) is 14.9. The summed E-state index contributed by atoms with van der Waals surface area (Å²) in [7, 11) is 1.61. The molecule has 3 heterocycles. The average molecular weight is 303 g/mol. The first-order chi connectivity index (χ1) is 10.7. The molecule has 0 radical (unpaired) electrons. The summed E-state index contributed by atoms with van der Waals surface area (Å²) in [5.74, 6) is 2.31. The van der Waals surface area contributed by atoms with Crippen LogP contribution in [0.3, 0.4) is 0 Å². The van der Waals surface area contributed by atoms with Gasteiger partial charge in [0.25, 0.3) is 0 Å². The molecule has 7 heteroatoms. The Hall–Kier alpha value is -2.15. The molecule has 0 spiro atoms. The van der Waals surface area contributed by atoms with E-state index < -0.39 is 0 Å². The number of hydrogen-bond donors (Lipinski definition) is 1. The number of likely N-dealkylation sites (tertiary alicyclic amines) is 1. The Kier molecular flexibility index (Phi) is 4.53. The Morgan fingerprint density at radius 2 is 2.14 bits per heavy atom. The van der Waals surface area contributed by atoms with Crippen LogP contribution in [0.15, 0.2) is 23.2 Å². The highest BCUT2D eigenvalue weighted by atomic mass is 16.5. The van der Waals surface area contributed by atoms with E-state index in [1.165, 1.54) is 12.7 Å². The van der Waals surface area contributed by atoms with E-state index in [4.69, 9.17) is 9.15 Å². The van der Waals surface area contributed by atoms with Gasteiger partial charge in [-0.15, -0.1) is 0 Å². The average Bonchev–Trinajstić information content (AvgIpc) is 2.94. The first-order valence-corrected chi connectivity index (χ1v) is 7.48. The van der Waals surface area contributed by atoms with Gasteiger partial charge in [-0.2, -0.15) is 0 Å². The Morgan fingerprint density at radius 3 is 2.82 bits per heavy atom. The van der Waals surface area contributed by atoms with Gasteiger partial charge in [0.15, 0.2) is 6.39 Å². The molecule has 0 aliphatic carbocycles. The minimum absolute atomic E-state index is 0.425. The van der Waals surface area contributed by atoms with Crippen molar-refractivity contribution in [3.05, 3.63) is 30.2 Å². The Bertz CT molecular complexity index is 607. The van der Waals surface area contributed by atoms with E-state index in [9.17, 15) is 0 Å². The number of methoxy groups -OCH3 is 1. The van der Waals surface area contributed by atoms with Gasteiger partial charge >= 0.3 is 0 Å². The van der Waals surface area contributed by atoms with Crippen LogP contribution in [0.25, 0.3) is 0 Å². The zero-order valence-electron chi connectivity index (χ0n) is 13.0. The van der Waals surface area contributed by atoms with Gasteiger partial charge in [-0.3, -0.25) is 4.90 Å². The van der Waals surface area contributed by atoms with E-state index in [2.05, 4.69) is 25.2 Å². The van der Waals surface area contributed by atoms with E-state index >= 15 is 0 Å². The number of rotatable bonds is 5. The molecule has 2 aromatic heterocycles. The number of hydrogen-bond acceptors (Lipinski definition) is 7. The molecule has 1 aliphatic rings. The lowest BCUT2D eigenvalue weighted by atomic mass is 10.0. The lowest BCUT2D eigenvalue weighted by molar-refractivity contribution is 0.208. The Morgan fingerprint density at radius 1 is 1.32 bits per heavy atom. The zero-order valence-corrected chi connectivity index (χ0v) is 13.0. The summed E-state index contributed by atoms with van der Waals surface area (Å²) in [5, 5.41) is 3.45. The number of aryl methyl sites for hydroxylation is 1. The largest absolute Gasteiger partial charge is 0.481 e. The monoisotopic (exact) mass is 303 g/mol. The van der Waals surface area contributed by atoms with Crippen molar-refractivity contribution in [3.8, 4) is 5.88 Å². The van der Waals surface area contributed by atoms with Gasteiger partial charge in [-0.05, 0) is 19.8 Å². The van der Waals surface area contributed by atoms with Crippen LogP contribution in [0.5, 0.6) is 5.88 Å². The number of anilines is 1. The molecule has 3 rings (SSSR count). The minimum Gasteiger partial charge on any atom is -0.481 e. The van der Waals surface area contributed by atoms with Gasteiger partial charge in [0.05, 0.1) is 12.8 Å². The van der Waals surface area contributed by atoms with Crippen molar-refractivity contribution in [1.82, 2.24) is 19.9 Å². The second kappa shape index (κ2) is 6.74. The predicted molar refractivity (Wildman–Crippen MR) is 81.7 cm³/mol. The quantitative estimate of drug-likeness (QED) is 0.903. The third-order valence-corrected chi connectivity index (χ3v) is 4.01. The van der Waals surface area contributed by atoms with Crippen LogP contribution in [-0.4, -0.2) is 46.1 Å². The van der Waals surface area contributed by atoms with Gasteiger partial charge in [0, 0.05) is 31.7 Å². The fraction of sp³-hybridized carbons (Fsp3) is 0.533. The lowest BCUT2D eigenvalue weighted by Gasteiger charge is -2.32. The highest BCUT2D eigenvalue weighted by Crippen LogP contribution is 2.19. The van der Waals surface area contributed by atoms with Crippen LogP contribution in [0.1, 0.15) is 24.3 Å². The summed E-state index contributed by atoms with van der Waals surface area (Å²) in [6.07, 6.45) is 5.18. The van der Waals surface area contributed by atoms with Crippen molar-refractivity contribution < 1.29 is 9.15 Å². The van der Waals surface area contributed by atoms with Crippen molar-refractivity contribution in [2.45, 2.75) is 32.4 Å². The maximum Gasteiger partial charge on any atom is 0.218 e. The summed E-state index contributed by atoms with van der Waals surface area (Å²) < 4.78 is 10.4. The molecular weight excluding hydrogens is 282 g/mol. The third kappa shape index (κ3) is 3.54. The van der Waals surface area contributed by atoms with E-state index in [0.29, 0.717) is 11.9 Å². The molecule has 0 bridgehead atoms. The Balaban J connectivity index is 1.50. The van der Waals surface area contributed by atoms with Gasteiger partial charge in [0.1, 0.15) is 17.9 Å². The van der Waals surface area contributed by atoms with Gasteiger partial charge in [-0.1, -0.05) is 0 Å². The fourth-order valence-corrected chi connectivity index (χ4v) is 2.67.